The van der Waals surface area contributed by atoms with Crippen molar-refractivity contribution in [3.63, 3.8) is 0 Å². The first-order valence-electron chi connectivity index (χ1n) is 13.0. The molecular formula is C28H35N3O5S. The fourth-order valence-electron chi connectivity index (χ4n) is 4.93. The van der Waals surface area contributed by atoms with Crippen molar-refractivity contribution in [1.82, 2.24) is 4.57 Å². The number of carbonyl (C=O) groups excluding carboxylic acids is 1. The van der Waals surface area contributed by atoms with Gasteiger partial charge in [0.05, 0.1) is 47.2 Å². The van der Waals surface area contributed by atoms with Crippen LogP contribution < -0.4 is 15.8 Å². The topological polar surface area (TPSA) is 105 Å². The Kier molecular flexibility index (Phi) is 7.71. The maximum Gasteiger partial charge on any atom is 0.411 e. The normalized spacial score (nSPS) is 18.6. The van der Waals surface area contributed by atoms with E-state index >= 15 is 0 Å². The third-order valence-corrected chi connectivity index (χ3v) is 8.70. The number of anilines is 2. The second kappa shape index (κ2) is 11.1. The summed E-state index contributed by atoms with van der Waals surface area (Å²) < 4.78 is 31.4. The molecule has 37 heavy (non-hydrogen) atoms. The number of nitrogens with one attached hydrogen (secondary N) is 1. The molecule has 0 bridgehead atoms. The Bertz CT molecular complexity index is 1280. The second-order valence-corrected chi connectivity index (χ2v) is 11.8. The SMILES string of the molecule is CC(C)OC(=O)Nc1ccc(-c2c(N)c3ccc(OCCS(=O)C4CCOC4)cc3n2C2CCC2)cc1. The van der Waals surface area contributed by atoms with Gasteiger partial charge in [0, 0.05) is 46.2 Å². The van der Waals surface area contributed by atoms with Crippen molar-refractivity contribution in [3.05, 3.63) is 42.5 Å². The molecule has 2 aromatic carbocycles. The van der Waals surface area contributed by atoms with Gasteiger partial charge in [-0.2, -0.15) is 0 Å². The van der Waals surface area contributed by atoms with Crippen LogP contribution in [0, 0.1) is 0 Å². The zero-order chi connectivity index (χ0) is 25.9. The van der Waals surface area contributed by atoms with Crippen molar-refractivity contribution in [2.24, 2.45) is 0 Å². The van der Waals surface area contributed by atoms with Crippen molar-refractivity contribution in [2.75, 3.05) is 36.6 Å². The molecule has 1 amide bonds. The van der Waals surface area contributed by atoms with Crippen molar-refractivity contribution >= 4 is 39.2 Å². The van der Waals surface area contributed by atoms with E-state index in [1.165, 1.54) is 6.42 Å². The number of hydrogen-bond acceptors (Lipinski definition) is 6. The Morgan fingerprint density at radius 1 is 1.19 bits per heavy atom. The highest BCUT2D eigenvalue weighted by atomic mass is 32.2. The molecule has 3 N–H and O–H groups in total. The average Bonchev–Trinajstić information content (AvgIpc) is 3.46. The van der Waals surface area contributed by atoms with Gasteiger partial charge in [0.15, 0.2) is 0 Å². The number of ether oxygens (including phenoxy) is 3. The standard InChI is InChI=1S/C28H35N3O5S/c1-18(2)36-28(32)30-20-8-6-19(7-9-20)27-26(29)24-11-10-22(16-25(24)31(27)21-4-3-5-21)35-14-15-37(33)23-12-13-34-17-23/h6-11,16,18,21,23H,3-5,12-15,17,29H2,1-2H3,(H,30,32). The lowest BCUT2D eigenvalue weighted by Gasteiger charge is -2.30. The van der Waals surface area contributed by atoms with Crippen molar-refractivity contribution in [1.29, 1.82) is 0 Å². The molecule has 1 saturated carbocycles. The number of nitrogens with zero attached hydrogens (tertiary/aromatic N) is 1. The number of rotatable bonds is 9. The summed E-state index contributed by atoms with van der Waals surface area (Å²) >= 11 is 0. The van der Waals surface area contributed by atoms with Gasteiger partial charge < -0.3 is 24.5 Å². The van der Waals surface area contributed by atoms with Crippen LogP contribution in [-0.2, 0) is 20.3 Å². The van der Waals surface area contributed by atoms with E-state index < -0.39 is 16.9 Å². The molecule has 1 aliphatic carbocycles. The van der Waals surface area contributed by atoms with Crippen LogP contribution in [0.15, 0.2) is 42.5 Å². The van der Waals surface area contributed by atoms with Gasteiger partial charge in [-0.05, 0) is 63.8 Å². The molecule has 1 aliphatic heterocycles. The number of nitrogens with two attached hydrogens (primary N) is 1. The minimum atomic E-state index is -0.943. The Labute approximate surface area is 219 Å². The van der Waals surface area contributed by atoms with Gasteiger partial charge in [-0.15, -0.1) is 0 Å². The fraction of sp³-hybridized carbons (Fsp3) is 0.464. The molecule has 2 aliphatic rings. The van der Waals surface area contributed by atoms with Crippen LogP contribution in [0.5, 0.6) is 5.75 Å². The Hall–Kier alpha value is -3.04. The lowest BCUT2D eigenvalue weighted by atomic mass is 9.92. The molecule has 2 atom stereocenters. The van der Waals surface area contributed by atoms with E-state index in [0.717, 1.165) is 52.9 Å². The Morgan fingerprint density at radius 2 is 1.97 bits per heavy atom. The average molecular weight is 526 g/mol. The molecule has 3 aromatic rings. The number of nitrogen functional groups attached to an aromatic ring is 1. The first kappa shape index (κ1) is 25.6. The van der Waals surface area contributed by atoms with Gasteiger partial charge >= 0.3 is 6.09 Å². The van der Waals surface area contributed by atoms with Gasteiger partial charge in [0.25, 0.3) is 0 Å². The summed E-state index contributed by atoms with van der Waals surface area (Å²) in [6, 6.07) is 14.0. The second-order valence-electron chi connectivity index (χ2n) is 9.97. The van der Waals surface area contributed by atoms with Crippen LogP contribution in [0.25, 0.3) is 22.2 Å². The molecule has 9 heteroatoms. The zero-order valence-electron chi connectivity index (χ0n) is 21.4. The minimum Gasteiger partial charge on any atom is -0.493 e. The van der Waals surface area contributed by atoms with E-state index in [4.69, 9.17) is 19.9 Å². The van der Waals surface area contributed by atoms with E-state index in [0.29, 0.717) is 37.3 Å². The largest absolute Gasteiger partial charge is 0.493 e. The Morgan fingerprint density at radius 3 is 2.62 bits per heavy atom. The number of amides is 1. The summed E-state index contributed by atoms with van der Waals surface area (Å²) in [5.74, 6) is 1.24. The highest BCUT2D eigenvalue weighted by molar-refractivity contribution is 7.85. The van der Waals surface area contributed by atoms with E-state index in [-0.39, 0.29) is 11.4 Å². The maximum atomic E-state index is 12.5. The van der Waals surface area contributed by atoms with Crippen LogP contribution in [0.2, 0.25) is 0 Å². The summed E-state index contributed by atoms with van der Waals surface area (Å²) in [5.41, 5.74) is 11.1. The highest BCUT2D eigenvalue weighted by Crippen LogP contribution is 2.45. The van der Waals surface area contributed by atoms with Crippen LogP contribution in [0.3, 0.4) is 0 Å². The smallest absolute Gasteiger partial charge is 0.411 e. The number of aromatic nitrogens is 1. The summed E-state index contributed by atoms with van der Waals surface area (Å²) in [4.78, 5) is 12.0. The van der Waals surface area contributed by atoms with Crippen LogP contribution in [-0.4, -0.2) is 51.8 Å². The number of hydrogen-bond donors (Lipinski definition) is 2. The van der Waals surface area contributed by atoms with Gasteiger partial charge in [0.2, 0.25) is 0 Å². The number of fused-ring (bicyclic) bond motifs is 1. The molecule has 198 valence electrons. The fourth-order valence-corrected chi connectivity index (χ4v) is 6.11. The minimum absolute atomic E-state index is 0.117. The summed E-state index contributed by atoms with van der Waals surface area (Å²) in [5, 5.41) is 3.87. The molecule has 1 saturated heterocycles. The summed E-state index contributed by atoms with van der Waals surface area (Å²) in [6.45, 7) is 5.30. The molecule has 1 aromatic heterocycles. The summed E-state index contributed by atoms with van der Waals surface area (Å²) in [6.07, 6.45) is 3.59. The third-order valence-electron chi connectivity index (χ3n) is 7.02. The molecule has 2 heterocycles. The van der Waals surface area contributed by atoms with E-state index in [1.807, 2.05) is 56.3 Å². The van der Waals surface area contributed by atoms with Crippen molar-refractivity contribution in [2.45, 2.75) is 56.9 Å². The lowest BCUT2D eigenvalue weighted by molar-refractivity contribution is 0.130. The summed E-state index contributed by atoms with van der Waals surface area (Å²) in [7, 11) is -0.943. The molecular weight excluding hydrogens is 490 g/mol. The first-order chi connectivity index (χ1) is 17.9. The van der Waals surface area contributed by atoms with Crippen LogP contribution in [0.1, 0.15) is 45.6 Å². The van der Waals surface area contributed by atoms with E-state index in [1.54, 1.807) is 0 Å². The molecule has 5 rings (SSSR count). The maximum absolute atomic E-state index is 12.5. The van der Waals surface area contributed by atoms with Crippen molar-refractivity contribution in [3.8, 4) is 17.0 Å². The van der Waals surface area contributed by atoms with Crippen molar-refractivity contribution < 1.29 is 23.2 Å². The molecule has 8 nitrogen and oxygen atoms in total. The number of carbonyl (C=O) groups is 1. The highest BCUT2D eigenvalue weighted by Gasteiger charge is 2.27. The van der Waals surface area contributed by atoms with E-state index in [9.17, 15) is 9.00 Å². The zero-order valence-corrected chi connectivity index (χ0v) is 22.2. The molecule has 0 spiro atoms. The first-order valence-corrected chi connectivity index (χ1v) is 14.4. The van der Waals surface area contributed by atoms with Gasteiger partial charge in [0.1, 0.15) is 5.75 Å². The molecule has 2 unspecified atom stereocenters. The predicted octanol–water partition coefficient (Wildman–Crippen LogP) is 5.49. The quantitative estimate of drug-likeness (QED) is 0.383. The predicted molar refractivity (Wildman–Crippen MR) is 148 cm³/mol. The molecule has 0 radical (unpaired) electrons. The molecule has 2 fully saturated rings. The van der Waals surface area contributed by atoms with Gasteiger partial charge in [-0.3, -0.25) is 9.53 Å². The van der Waals surface area contributed by atoms with E-state index in [2.05, 4.69) is 9.88 Å². The Balaban J connectivity index is 1.38. The lowest BCUT2D eigenvalue weighted by Crippen LogP contribution is -2.21. The number of benzene rings is 2. The monoisotopic (exact) mass is 525 g/mol. The van der Waals surface area contributed by atoms with Gasteiger partial charge in [-0.1, -0.05) is 12.1 Å². The van der Waals surface area contributed by atoms with Crippen LogP contribution in [0.4, 0.5) is 16.2 Å². The third kappa shape index (κ3) is 5.62. The van der Waals surface area contributed by atoms with Crippen LogP contribution >= 0.6 is 0 Å². The van der Waals surface area contributed by atoms with Gasteiger partial charge in [-0.25, -0.2) is 4.79 Å².